The average molecular weight is 282 g/mol. The van der Waals surface area contributed by atoms with Gasteiger partial charge < -0.3 is 15.3 Å². The van der Waals surface area contributed by atoms with Gasteiger partial charge in [0.1, 0.15) is 6.04 Å². The number of aliphatic hydroxyl groups excluding tert-OH is 1. The molecule has 2 unspecified atom stereocenters. The summed E-state index contributed by atoms with van der Waals surface area (Å²) in [5, 5.41) is 12.5. The van der Waals surface area contributed by atoms with Crippen LogP contribution in [0.1, 0.15) is 51.9 Å². The van der Waals surface area contributed by atoms with Gasteiger partial charge in [-0.05, 0) is 32.6 Å². The summed E-state index contributed by atoms with van der Waals surface area (Å²) in [5.74, 6) is -0.216. The molecule has 0 aliphatic heterocycles. The first-order valence-corrected chi connectivity index (χ1v) is 7.76. The predicted molar refractivity (Wildman–Crippen MR) is 76.0 cm³/mol. The van der Waals surface area contributed by atoms with E-state index in [2.05, 4.69) is 5.32 Å². The molecule has 2 aliphatic carbocycles. The Balaban J connectivity index is 1.95. The molecule has 20 heavy (non-hydrogen) atoms. The Hall–Kier alpha value is -1.10. The molecular weight excluding hydrogens is 256 g/mol. The van der Waals surface area contributed by atoms with Gasteiger partial charge in [0.2, 0.25) is 11.8 Å². The first-order valence-electron chi connectivity index (χ1n) is 7.76. The molecule has 0 saturated heterocycles. The number of carbonyl (C=O) groups is 2. The van der Waals surface area contributed by atoms with E-state index in [1.54, 1.807) is 18.9 Å². The summed E-state index contributed by atoms with van der Waals surface area (Å²) in [6, 6.07) is -0.564. The van der Waals surface area contributed by atoms with E-state index >= 15 is 0 Å². The van der Waals surface area contributed by atoms with Crippen molar-refractivity contribution in [1.82, 2.24) is 10.2 Å². The molecule has 0 aromatic carbocycles. The van der Waals surface area contributed by atoms with Gasteiger partial charge in [0.15, 0.2) is 0 Å². The molecule has 0 aromatic heterocycles. The van der Waals surface area contributed by atoms with Crippen LogP contribution in [0.15, 0.2) is 0 Å². The summed E-state index contributed by atoms with van der Waals surface area (Å²) in [7, 11) is 1.79. The number of amides is 2. The van der Waals surface area contributed by atoms with Crippen molar-refractivity contribution in [2.75, 3.05) is 7.05 Å². The third-order valence-corrected chi connectivity index (χ3v) is 4.46. The van der Waals surface area contributed by atoms with Crippen LogP contribution < -0.4 is 5.32 Å². The highest BCUT2D eigenvalue weighted by molar-refractivity contribution is 5.89. The lowest BCUT2D eigenvalue weighted by Crippen LogP contribution is -2.55. The molecule has 0 spiro atoms. The van der Waals surface area contributed by atoms with Gasteiger partial charge in [0.25, 0.3) is 0 Å². The lowest BCUT2D eigenvalue weighted by Gasteiger charge is -2.34. The molecule has 114 valence electrons. The van der Waals surface area contributed by atoms with Gasteiger partial charge in [-0.3, -0.25) is 9.59 Å². The molecule has 2 N–H and O–H groups in total. The normalized spacial score (nSPS) is 22.9. The van der Waals surface area contributed by atoms with Gasteiger partial charge in [-0.2, -0.15) is 0 Å². The number of hydrogen-bond donors (Lipinski definition) is 2. The van der Waals surface area contributed by atoms with E-state index in [4.69, 9.17) is 0 Å². The van der Waals surface area contributed by atoms with E-state index in [1.165, 1.54) is 6.42 Å². The minimum atomic E-state index is -0.865. The highest BCUT2D eigenvalue weighted by Crippen LogP contribution is 2.29. The van der Waals surface area contributed by atoms with Gasteiger partial charge >= 0.3 is 0 Å². The second kappa shape index (κ2) is 6.57. The van der Waals surface area contributed by atoms with Crippen LogP contribution in [0.25, 0.3) is 0 Å². The number of nitrogens with zero attached hydrogens (tertiary/aromatic N) is 1. The van der Waals surface area contributed by atoms with Crippen LogP contribution in [-0.4, -0.2) is 47.1 Å². The lowest BCUT2D eigenvalue weighted by atomic mass is 9.94. The zero-order valence-corrected chi connectivity index (χ0v) is 12.5. The van der Waals surface area contributed by atoms with E-state index in [9.17, 15) is 14.7 Å². The molecule has 0 aromatic rings. The van der Waals surface area contributed by atoms with E-state index in [-0.39, 0.29) is 23.8 Å². The van der Waals surface area contributed by atoms with Crippen molar-refractivity contribution in [3.05, 3.63) is 0 Å². The van der Waals surface area contributed by atoms with E-state index in [1.807, 2.05) is 0 Å². The molecule has 0 heterocycles. The molecule has 0 radical (unpaired) electrons. The fourth-order valence-electron chi connectivity index (χ4n) is 2.87. The van der Waals surface area contributed by atoms with Crippen molar-refractivity contribution in [2.45, 2.75) is 70.1 Å². The Labute approximate surface area is 120 Å². The summed E-state index contributed by atoms with van der Waals surface area (Å²) in [6.45, 7) is 1.56. The summed E-state index contributed by atoms with van der Waals surface area (Å²) in [5.41, 5.74) is 0. The summed E-state index contributed by atoms with van der Waals surface area (Å²) in [6.07, 6.45) is 6.49. The smallest absolute Gasteiger partial charge is 0.247 e. The molecule has 5 heteroatoms. The Bertz CT molecular complexity index is 360. The summed E-state index contributed by atoms with van der Waals surface area (Å²) in [4.78, 5) is 26.1. The Morgan fingerprint density at radius 3 is 2.25 bits per heavy atom. The van der Waals surface area contributed by atoms with Crippen LogP contribution in [0, 0.1) is 5.92 Å². The monoisotopic (exact) mass is 282 g/mol. The number of hydrogen-bond acceptors (Lipinski definition) is 3. The van der Waals surface area contributed by atoms with Crippen molar-refractivity contribution in [2.24, 2.45) is 5.92 Å². The maximum Gasteiger partial charge on any atom is 0.247 e. The summed E-state index contributed by atoms with van der Waals surface area (Å²) < 4.78 is 0. The van der Waals surface area contributed by atoms with Gasteiger partial charge in [-0.25, -0.2) is 0 Å². The van der Waals surface area contributed by atoms with Crippen molar-refractivity contribution in [3.63, 3.8) is 0 Å². The van der Waals surface area contributed by atoms with Gasteiger partial charge in [-0.15, -0.1) is 0 Å². The molecule has 2 amide bonds. The quantitative estimate of drug-likeness (QED) is 0.792. The van der Waals surface area contributed by atoms with Crippen LogP contribution in [-0.2, 0) is 9.59 Å². The topological polar surface area (TPSA) is 69.6 Å². The minimum Gasteiger partial charge on any atom is -0.391 e. The number of nitrogens with one attached hydrogen (secondary N) is 1. The van der Waals surface area contributed by atoms with E-state index < -0.39 is 12.1 Å². The van der Waals surface area contributed by atoms with Gasteiger partial charge in [0.05, 0.1) is 6.10 Å². The highest BCUT2D eigenvalue weighted by Gasteiger charge is 2.36. The standard InChI is InChI=1S/C15H26N2O3/c1-10(18)13(16-14(19)11-8-9-11)15(20)17(2)12-6-4-3-5-7-12/h10-13,18H,3-9H2,1-2H3,(H,16,19). The van der Waals surface area contributed by atoms with E-state index in [0.717, 1.165) is 38.5 Å². The maximum atomic E-state index is 12.5. The number of aliphatic hydroxyl groups is 1. The fourth-order valence-corrected chi connectivity index (χ4v) is 2.87. The van der Waals surface area contributed by atoms with Crippen molar-refractivity contribution >= 4 is 11.8 Å². The predicted octanol–water partition coefficient (Wildman–Crippen LogP) is 1.05. The summed E-state index contributed by atoms with van der Waals surface area (Å²) >= 11 is 0. The third kappa shape index (κ3) is 3.72. The Morgan fingerprint density at radius 1 is 1.15 bits per heavy atom. The lowest BCUT2D eigenvalue weighted by molar-refractivity contribution is -0.140. The second-order valence-corrected chi connectivity index (χ2v) is 6.24. The zero-order valence-electron chi connectivity index (χ0n) is 12.5. The second-order valence-electron chi connectivity index (χ2n) is 6.24. The van der Waals surface area contributed by atoms with E-state index in [0.29, 0.717) is 0 Å². The molecule has 2 atom stereocenters. The minimum absolute atomic E-state index is 0.0454. The van der Waals surface area contributed by atoms with Crippen LogP contribution in [0.2, 0.25) is 0 Å². The molecule has 5 nitrogen and oxygen atoms in total. The Kier molecular flexibility index (Phi) is 5.02. The first-order chi connectivity index (χ1) is 9.50. The zero-order chi connectivity index (χ0) is 14.7. The maximum absolute atomic E-state index is 12.5. The number of rotatable bonds is 5. The average Bonchev–Trinajstić information content (AvgIpc) is 3.28. The van der Waals surface area contributed by atoms with Crippen molar-refractivity contribution in [1.29, 1.82) is 0 Å². The molecule has 2 saturated carbocycles. The van der Waals surface area contributed by atoms with Crippen LogP contribution in [0.3, 0.4) is 0 Å². The largest absolute Gasteiger partial charge is 0.391 e. The van der Waals surface area contributed by atoms with Crippen molar-refractivity contribution < 1.29 is 14.7 Å². The third-order valence-electron chi connectivity index (χ3n) is 4.46. The molecule has 0 bridgehead atoms. The number of likely N-dealkylation sites (N-methyl/N-ethyl adjacent to an activating group) is 1. The molecule has 2 aliphatic rings. The Morgan fingerprint density at radius 2 is 1.75 bits per heavy atom. The first kappa shape index (κ1) is 15.3. The van der Waals surface area contributed by atoms with Crippen LogP contribution in [0.4, 0.5) is 0 Å². The highest BCUT2D eigenvalue weighted by atomic mass is 16.3. The van der Waals surface area contributed by atoms with Gasteiger partial charge in [-0.1, -0.05) is 19.3 Å². The van der Waals surface area contributed by atoms with Crippen molar-refractivity contribution in [3.8, 4) is 0 Å². The van der Waals surface area contributed by atoms with Crippen LogP contribution >= 0.6 is 0 Å². The molecule has 2 rings (SSSR count). The SMILES string of the molecule is CC(O)C(NC(=O)C1CC1)C(=O)N(C)C1CCCCC1. The number of carbonyl (C=O) groups excluding carboxylic acids is 2. The van der Waals surface area contributed by atoms with Gasteiger partial charge in [0, 0.05) is 19.0 Å². The van der Waals surface area contributed by atoms with Crippen LogP contribution in [0.5, 0.6) is 0 Å². The molecule has 2 fully saturated rings. The molecular formula is C15H26N2O3. The fraction of sp³-hybridized carbons (Fsp3) is 0.867.